The van der Waals surface area contributed by atoms with Crippen molar-refractivity contribution >= 4 is 0 Å². The molecule has 1 atom stereocenters. The van der Waals surface area contributed by atoms with Crippen LogP contribution in [-0.4, -0.2) is 32.4 Å². The van der Waals surface area contributed by atoms with E-state index in [0.717, 1.165) is 19.6 Å². The van der Waals surface area contributed by atoms with Gasteiger partial charge in [-0.25, -0.2) is 0 Å². The summed E-state index contributed by atoms with van der Waals surface area (Å²) >= 11 is 0. The second kappa shape index (κ2) is 10.8. The van der Waals surface area contributed by atoms with Gasteiger partial charge in [0.2, 0.25) is 0 Å². The largest absolute Gasteiger partial charge is 0.379 e. The van der Waals surface area contributed by atoms with Crippen LogP contribution in [0.5, 0.6) is 0 Å². The fraction of sp³-hybridized carbons (Fsp3) is 0.667. The van der Waals surface area contributed by atoms with E-state index in [2.05, 4.69) is 57.3 Å². The number of benzene rings is 1. The Morgan fingerprint density at radius 2 is 1.95 bits per heavy atom. The number of rotatable bonds is 11. The molecule has 0 aliphatic rings. The molecule has 0 spiro atoms. The molecule has 0 aliphatic carbocycles. The molecule has 21 heavy (non-hydrogen) atoms. The third-order valence-electron chi connectivity index (χ3n) is 3.31. The lowest BCUT2D eigenvalue weighted by Gasteiger charge is -2.21. The standard InChI is InChI=1S/C18H31NO2/c1-5-6-10-20-11-12-21-18(14-19-15(2)3)17-9-7-8-16(4)13-17/h7-9,13,15,18-19H,5-6,10-12,14H2,1-4H3. The molecule has 1 aromatic rings. The van der Waals surface area contributed by atoms with E-state index in [1.807, 2.05) is 0 Å². The van der Waals surface area contributed by atoms with Crippen molar-refractivity contribution in [1.82, 2.24) is 5.32 Å². The fourth-order valence-electron chi connectivity index (χ4n) is 2.08. The van der Waals surface area contributed by atoms with Crippen LogP contribution in [0.25, 0.3) is 0 Å². The van der Waals surface area contributed by atoms with Crippen molar-refractivity contribution in [3.8, 4) is 0 Å². The predicted molar refractivity (Wildman–Crippen MR) is 88.7 cm³/mol. The van der Waals surface area contributed by atoms with Crippen molar-refractivity contribution in [3.63, 3.8) is 0 Å². The van der Waals surface area contributed by atoms with E-state index >= 15 is 0 Å². The van der Waals surface area contributed by atoms with Crippen LogP contribution < -0.4 is 5.32 Å². The van der Waals surface area contributed by atoms with Gasteiger partial charge in [-0.1, -0.05) is 57.0 Å². The van der Waals surface area contributed by atoms with Crippen LogP contribution in [0, 0.1) is 6.92 Å². The Labute approximate surface area is 130 Å². The highest BCUT2D eigenvalue weighted by Crippen LogP contribution is 2.18. The smallest absolute Gasteiger partial charge is 0.0950 e. The Hall–Kier alpha value is -0.900. The maximum Gasteiger partial charge on any atom is 0.0950 e. The van der Waals surface area contributed by atoms with Gasteiger partial charge in [-0.15, -0.1) is 0 Å². The number of hydrogen-bond acceptors (Lipinski definition) is 3. The molecule has 3 nitrogen and oxygen atoms in total. The van der Waals surface area contributed by atoms with Crippen molar-refractivity contribution in [2.24, 2.45) is 0 Å². The average molecular weight is 293 g/mol. The molecule has 0 fully saturated rings. The summed E-state index contributed by atoms with van der Waals surface area (Å²) in [5, 5.41) is 3.46. The zero-order valence-corrected chi connectivity index (χ0v) is 14.0. The third-order valence-corrected chi connectivity index (χ3v) is 3.31. The van der Waals surface area contributed by atoms with E-state index in [4.69, 9.17) is 9.47 Å². The number of hydrogen-bond donors (Lipinski definition) is 1. The highest BCUT2D eigenvalue weighted by Gasteiger charge is 2.12. The first-order valence-corrected chi connectivity index (χ1v) is 8.12. The summed E-state index contributed by atoms with van der Waals surface area (Å²) in [6.45, 7) is 11.6. The quantitative estimate of drug-likeness (QED) is 0.628. The van der Waals surface area contributed by atoms with Crippen molar-refractivity contribution in [2.75, 3.05) is 26.4 Å². The molecule has 0 bridgehead atoms. The number of aryl methyl sites for hydroxylation is 1. The van der Waals surface area contributed by atoms with E-state index in [-0.39, 0.29) is 6.10 Å². The van der Waals surface area contributed by atoms with Gasteiger partial charge in [-0.05, 0) is 18.9 Å². The Morgan fingerprint density at radius 3 is 2.62 bits per heavy atom. The molecular weight excluding hydrogens is 262 g/mol. The first-order valence-electron chi connectivity index (χ1n) is 8.12. The fourth-order valence-corrected chi connectivity index (χ4v) is 2.08. The normalized spacial score (nSPS) is 12.8. The SMILES string of the molecule is CCCCOCCOC(CNC(C)C)c1cccc(C)c1. The van der Waals surface area contributed by atoms with E-state index in [1.165, 1.54) is 17.5 Å². The van der Waals surface area contributed by atoms with Gasteiger partial charge < -0.3 is 14.8 Å². The predicted octanol–water partition coefficient (Wildman–Crippen LogP) is 3.87. The van der Waals surface area contributed by atoms with Crippen LogP contribution in [0.3, 0.4) is 0 Å². The summed E-state index contributed by atoms with van der Waals surface area (Å²) in [6.07, 6.45) is 2.38. The van der Waals surface area contributed by atoms with E-state index in [0.29, 0.717) is 19.3 Å². The summed E-state index contributed by atoms with van der Waals surface area (Å²) in [5.74, 6) is 0. The van der Waals surface area contributed by atoms with Crippen LogP contribution in [0.15, 0.2) is 24.3 Å². The van der Waals surface area contributed by atoms with E-state index < -0.39 is 0 Å². The van der Waals surface area contributed by atoms with E-state index in [9.17, 15) is 0 Å². The highest BCUT2D eigenvalue weighted by molar-refractivity contribution is 5.24. The van der Waals surface area contributed by atoms with Gasteiger partial charge in [0.05, 0.1) is 19.3 Å². The van der Waals surface area contributed by atoms with Crippen LogP contribution in [0.4, 0.5) is 0 Å². The molecule has 0 amide bonds. The molecule has 0 saturated heterocycles. The molecule has 1 N–H and O–H groups in total. The van der Waals surface area contributed by atoms with E-state index in [1.54, 1.807) is 0 Å². The first kappa shape index (κ1) is 18.1. The lowest BCUT2D eigenvalue weighted by atomic mass is 10.1. The second-order valence-electron chi connectivity index (χ2n) is 5.80. The topological polar surface area (TPSA) is 30.5 Å². The van der Waals surface area contributed by atoms with Gasteiger partial charge in [-0.2, -0.15) is 0 Å². The Morgan fingerprint density at radius 1 is 1.14 bits per heavy atom. The van der Waals surface area contributed by atoms with Crippen molar-refractivity contribution < 1.29 is 9.47 Å². The van der Waals surface area contributed by atoms with Crippen LogP contribution in [0.1, 0.15) is 50.8 Å². The summed E-state index contributed by atoms with van der Waals surface area (Å²) < 4.78 is 11.6. The summed E-state index contributed by atoms with van der Waals surface area (Å²) in [4.78, 5) is 0. The number of ether oxygens (including phenoxy) is 2. The highest BCUT2D eigenvalue weighted by atomic mass is 16.5. The molecule has 0 heterocycles. The minimum absolute atomic E-state index is 0.0853. The minimum atomic E-state index is 0.0853. The van der Waals surface area contributed by atoms with Crippen LogP contribution in [-0.2, 0) is 9.47 Å². The molecule has 1 aromatic carbocycles. The number of nitrogens with one attached hydrogen (secondary N) is 1. The average Bonchev–Trinajstić information content (AvgIpc) is 2.45. The van der Waals surface area contributed by atoms with Gasteiger partial charge in [-0.3, -0.25) is 0 Å². The zero-order chi connectivity index (χ0) is 15.5. The molecule has 1 rings (SSSR count). The maximum absolute atomic E-state index is 6.03. The second-order valence-corrected chi connectivity index (χ2v) is 5.80. The lowest BCUT2D eigenvalue weighted by molar-refractivity contribution is 0.00292. The Kier molecular flexibility index (Phi) is 9.31. The van der Waals surface area contributed by atoms with Gasteiger partial charge in [0.1, 0.15) is 0 Å². The monoisotopic (exact) mass is 293 g/mol. The Bertz CT molecular complexity index is 379. The van der Waals surface area contributed by atoms with Crippen LogP contribution >= 0.6 is 0 Å². The first-order chi connectivity index (χ1) is 10.1. The molecule has 120 valence electrons. The van der Waals surface area contributed by atoms with Gasteiger partial charge in [0, 0.05) is 19.2 Å². The molecule has 3 heteroatoms. The minimum Gasteiger partial charge on any atom is -0.379 e. The molecular formula is C18H31NO2. The van der Waals surface area contributed by atoms with Crippen LogP contribution in [0.2, 0.25) is 0 Å². The summed E-state index contributed by atoms with van der Waals surface area (Å²) in [7, 11) is 0. The van der Waals surface area contributed by atoms with Crippen molar-refractivity contribution in [2.45, 2.75) is 52.7 Å². The van der Waals surface area contributed by atoms with Gasteiger partial charge in [0.25, 0.3) is 0 Å². The third kappa shape index (κ3) is 8.20. The van der Waals surface area contributed by atoms with Gasteiger partial charge >= 0.3 is 0 Å². The molecule has 1 unspecified atom stereocenters. The molecule has 0 radical (unpaired) electrons. The Balaban J connectivity index is 2.45. The summed E-state index contributed by atoms with van der Waals surface area (Å²) in [6, 6.07) is 9.00. The van der Waals surface area contributed by atoms with Crippen molar-refractivity contribution in [1.29, 1.82) is 0 Å². The molecule has 0 aromatic heterocycles. The zero-order valence-electron chi connectivity index (χ0n) is 14.0. The van der Waals surface area contributed by atoms with Gasteiger partial charge in [0.15, 0.2) is 0 Å². The molecule has 0 saturated carbocycles. The number of unbranched alkanes of at least 4 members (excludes halogenated alkanes) is 1. The summed E-state index contributed by atoms with van der Waals surface area (Å²) in [5.41, 5.74) is 2.50. The van der Waals surface area contributed by atoms with Crippen molar-refractivity contribution in [3.05, 3.63) is 35.4 Å². The molecule has 0 aliphatic heterocycles. The lowest BCUT2D eigenvalue weighted by Crippen LogP contribution is -2.29. The maximum atomic E-state index is 6.03.